The van der Waals surface area contributed by atoms with Crippen LogP contribution < -0.4 is 10.6 Å². The number of nitrogens with zero attached hydrogens (tertiary/aromatic N) is 1. The Kier molecular flexibility index (Phi) is 5.39. The van der Waals surface area contributed by atoms with E-state index in [1.807, 2.05) is 6.07 Å². The number of carbonyl (C=O) groups is 1. The van der Waals surface area contributed by atoms with Crippen LogP contribution in [0.2, 0.25) is 0 Å². The first kappa shape index (κ1) is 17.6. The molecule has 4 nitrogen and oxygen atoms in total. The van der Waals surface area contributed by atoms with E-state index in [1.54, 1.807) is 6.20 Å². The molecule has 4 saturated carbocycles. The summed E-state index contributed by atoms with van der Waals surface area (Å²) >= 11 is 5.61. The summed E-state index contributed by atoms with van der Waals surface area (Å²) in [5.41, 5.74) is 0.516. The smallest absolute Gasteiger partial charge is 0.263 e. The fourth-order valence-electron chi connectivity index (χ4n) is 5.61. The minimum absolute atomic E-state index is 0.154. The van der Waals surface area contributed by atoms with Gasteiger partial charge < -0.3 is 10.6 Å². The van der Waals surface area contributed by atoms with Crippen molar-refractivity contribution in [2.75, 3.05) is 12.4 Å². The number of rotatable bonds is 7. The van der Waals surface area contributed by atoms with Gasteiger partial charge in [0.1, 0.15) is 11.6 Å². The molecule has 4 rings (SSSR count). The molecule has 0 aromatic heterocycles. The monoisotopic (exact) mass is 349 g/mol. The Morgan fingerprint density at radius 2 is 1.88 bits per heavy atom. The van der Waals surface area contributed by atoms with E-state index in [9.17, 15) is 10.1 Å². The Hall–Kier alpha value is -1.21. The van der Waals surface area contributed by atoms with Gasteiger partial charge in [-0.25, -0.2) is 0 Å². The molecule has 4 aliphatic carbocycles. The fraction of sp³-hybridized carbons (Fsp3) is 0.789. The molecule has 4 aliphatic rings. The molecular weight excluding hydrogens is 322 g/mol. The maximum atomic E-state index is 12.0. The molecule has 0 radical (unpaired) electrons. The molecule has 1 unspecified atom stereocenters. The molecule has 132 valence electrons. The molecule has 0 aliphatic heterocycles. The molecule has 24 heavy (non-hydrogen) atoms. The van der Waals surface area contributed by atoms with Crippen molar-refractivity contribution in [3.8, 4) is 6.07 Å². The van der Waals surface area contributed by atoms with E-state index in [4.69, 9.17) is 11.6 Å². The predicted molar refractivity (Wildman–Crippen MR) is 95.2 cm³/mol. The van der Waals surface area contributed by atoms with E-state index in [2.05, 4.69) is 17.6 Å². The Morgan fingerprint density at radius 1 is 1.29 bits per heavy atom. The fourth-order valence-corrected chi connectivity index (χ4v) is 5.74. The van der Waals surface area contributed by atoms with Crippen LogP contribution in [-0.2, 0) is 4.79 Å². The van der Waals surface area contributed by atoms with Gasteiger partial charge in [-0.3, -0.25) is 4.79 Å². The lowest BCUT2D eigenvalue weighted by Crippen LogP contribution is -2.54. The second-order valence-electron chi connectivity index (χ2n) is 8.14. The number of nitrogens with one attached hydrogen (secondary N) is 2. The standard InChI is InChI=1S/C19H28ClN3O/c1-13(23-12-17(11-21)18(24)22-4-2-3-20)19-8-14-5-15(9-19)7-16(6-14)10-19/h12-16,23H,2-10H2,1H3,(H,22,24)/b17-12-. The Morgan fingerprint density at radius 3 is 2.38 bits per heavy atom. The molecule has 0 saturated heterocycles. The van der Waals surface area contributed by atoms with Crippen LogP contribution in [0.4, 0.5) is 0 Å². The molecule has 2 N–H and O–H groups in total. The second kappa shape index (κ2) is 7.35. The molecule has 5 heteroatoms. The highest BCUT2D eigenvalue weighted by Crippen LogP contribution is 2.61. The van der Waals surface area contributed by atoms with Gasteiger partial charge in [-0.05, 0) is 75.0 Å². The molecule has 0 heterocycles. The van der Waals surface area contributed by atoms with Gasteiger partial charge in [-0.1, -0.05) is 0 Å². The molecular formula is C19H28ClN3O. The normalized spacial score (nSPS) is 35.4. The van der Waals surface area contributed by atoms with Crippen molar-refractivity contribution >= 4 is 17.5 Å². The zero-order valence-corrected chi connectivity index (χ0v) is 15.2. The van der Waals surface area contributed by atoms with Gasteiger partial charge in [0.05, 0.1) is 0 Å². The van der Waals surface area contributed by atoms with E-state index in [-0.39, 0.29) is 11.5 Å². The van der Waals surface area contributed by atoms with Gasteiger partial charge in [0.15, 0.2) is 0 Å². The third-order valence-corrected chi connectivity index (χ3v) is 6.71. The average Bonchev–Trinajstić information content (AvgIpc) is 2.54. The van der Waals surface area contributed by atoms with Crippen LogP contribution in [0, 0.1) is 34.5 Å². The van der Waals surface area contributed by atoms with Crippen molar-refractivity contribution in [3.05, 3.63) is 11.8 Å². The number of halogens is 1. The van der Waals surface area contributed by atoms with Crippen LogP contribution in [0.15, 0.2) is 11.8 Å². The molecule has 0 aromatic carbocycles. The summed E-state index contributed by atoms with van der Waals surface area (Å²) in [6, 6.07) is 2.32. The van der Waals surface area contributed by atoms with E-state index < -0.39 is 0 Å². The topological polar surface area (TPSA) is 64.9 Å². The summed E-state index contributed by atoms with van der Waals surface area (Å²) in [6.45, 7) is 2.73. The van der Waals surface area contributed by atoms with Crippen LogP contribution in [0.3, 0.4) is 0 Å². The van der Waals surface area contributed by atoms with Crippen molar-refractivity contribution in [3.63, 3.8) is 0 Å². The lowest BCUT2D eigenvalue weighted by atomic mass is 9.48. The minimum atomic E-state index is -0.312. The molecule has 0 aromatic rings. The first-order chi connectivity index (χ1) is 11.6. The third kappa shape index (κ3) is 3.57. The number of amides is 1. The van der Waals surface area contributed by atoms with E-state index >= 15 is 0 Å². The number of carbonyl (C=O) groups excluding carboxylic acids is 1. The SMILES string of the molecule is CC(N/C=C(/C#N)C(=O)NCCCCl)C12CC3CC(CC(C3)C1)C2. The van der Waals surface area contributed by atoms with Crippen LogP contribution >= 0.6 is 11.6 Å². The summed E-state index contributed by atoms with van der Waals surface area (Å²) in [6.07, 6.45) is 10.5. The second-order valence-corrected chi connectivity index (χ2v) is 8.51. The largest absolute Gasteiger partial charge is 0.387 e. The molecule has 1 amide bonds. The number of alkyl halides is 1. The summed E-state index contributed by atoms with van der Waals surface area (Å²) < 4.78 is 0. The summed E-state index contributed by atoms with van der Waals surface area (Å²) in [7, 11) is 0. The highest BCUT2D eigenvalue weighted by atomic mass is 35.5. The van der Waals surface area contributed by atoms with Crippen molar-refractivity contribution in [2.24, 2.45) is 23.2 Å². The van der Waals surface area contributed by atoms with Gasteiger partial charge in [-0.2, -0.15) is 5.26 Å². The van der Waals surface area contributed by atoms with Crippen LogP contribution in [-0.4, -0.2) is 24.4 Å². The third-order valence-electron chi connectivity index (χ3n) is 6.44. The van der Waals surface area contributed by atoms with Crippen molar-refractivity contribution in [1.29, 1.82) is 5.26 Å². The summed E-state index contributed by atoms with van der Waals surface area (Å²) in [5, 5.41) is 15.4. The maximum absolute atomic E-state index is 12.0. The highest BCUT2D eigenvalue weighted by molar-refractivity contribution is 6.17. The lowest BCUT2D eigenvalue weighted by molar-refractivity contribution is -0.117. The first-order valence-corrected chi connectivity index (χ1v) is 9.80. The van der Waals surface area contributed by atoms with Gasteiger partial charge in [0, 0.05) is 24.7 Å². The van der Waals surface area contributed by atoms with E-state index in [0.29, 0.717) is 30.3 Å². The zero-order chi connectivity index (χ0) is 17.2. The van der Waals surface area contributed by atoms with Crippen molar-refractivity contribution < 1.29 is 4.79 Å². The molecule has 4 bridgehead atoms. The van der Waals surface area contributed by atoms with Crippen molar-refractivity contribution in [1.82, 2.24) is 10.6 Å². The van der Waals surface area contributed by atoms with Crippen LogP contribution in [0.25, 0.3) is 0 Å². The Labute approximate surface area is 150 Å². The number of hydrogen-bond donors (Lipinski definition) is 2. The molecule has 0 spiro atoms. The Bertz CT molecular complexity index is 516. The quantitative estimate of drug-likeness (QED) is 0.320. The highest BCUT2D eigenvalue weighted by Gasteiger charge is 2.52. The first-order valence-electron chi connectivity index (χ1n) is 9.27. The van der Waals surface area contributed by atoms with Crippen molar-refractivity contribution in [2.45, 2.75) is 57.9 Å². The minimum Gasteiger partial charge on any atom is -0.387 e. The van der Waals surface area contributed by atoms with Gasteiger partial charge >= 0.3 is 0 Å². The summed E-state index contributed by atoms with van der Waals surface area (Å²) in [5.74, 6) is 2.90. The zero-order valence-electron chi connectivity index (χ0n) is 14.5. The number of nitriles is 1. The van der Waals surface area contributed by atoms with Crippen LogP contribution in [0.1, 0.15) is 51.9 Å². The van der Waals surface area contributed by atoms with Gasteiger partial charge in [-0.15, -0.1) is 11.6 Å². The van der Waals surface area contributed by atoms with Gasteiger partial charge in [0.25, 0.3) is 5.91 Å². The number of hydrogen-bond acceptors (Lipinski definition) is 3. The Balaban J connectivity index is 1.60. The average molecular weight is 350 g/mol. The van der Waals surface area contributed by atoms with Crippen LogP contribution in [0.5, 0.6) is 0 Å². The molecule has 1 atom stereocenters. The molecule has 4 fully saturated rings. The predicted octanol–water partition coefficient (Wildman–Crippen LogP) is 3.33. The van der Waals surface area contributed by atoms with Gasteiger partial charge in [0.2, 0.25) is 0 Å². The summed E-state index contributed by atoms with van der Waals surface area (Å²) in [4.78, 5) is 12.0. The maximum Gasteiger partial charge on any atom is 0.263 e. The van der Waals surface area contributed by atoms with E-state index in [0.717, 1.165) is 17.8 Å². The van der Waals surface area contributed by atoms with E-state index in [1.165, 1.54) is 38.5 Å². The lowest BCUT2D eigenvalue weighted by Gasteiger charge is -2.59.